The van der Waals surface area contributed by atoms with E-state index >= 15 is 0 Å². The summed E-state index contributed by atoms with van der Waals surface area (Å²) in [5.74, 6) is 0.895. The maximum Gasteiger partial charge on any atom is 0.241 e. The molecule has 0 bridgehead atoms. The Morgan fingerprint density at radius 2 is 1.73 bits per heavy atom. The van der Waals surface area contributed by atoms with Gasteiger partial charge < -0.3 is 20.1 Å². The fraction of sp³-hybridized carbons (Fsp3) is 0.350. The zero-order valence-electron chi connectivity index (χ0n) is 15.2. The van der Waals surface area contributed by atoms with E-state index in [4.69, 9.17) is 4.74 Å². The van der Waals surface area contributed by atoms with Crippen LogP contribution in [0.2, 0.25) is 0 Å². The number of anilines is 2. The lowest BCUT2D eigenvalue weighted by molar-refractivity contribution is -0.120. The van der Waals surface area contributed by atoms with Crippen molar-refractivity contribution in [1.29, 1.82) is 0 Å². The zero-order chi connectivity index (χ0) is 18.5. The number of aromatic hydroxyl groups is 1. The molecule has 1 aliphatic heterocycles. The average Bonchev–Trinajstić information content (AvgIpc) is 2.68. The highest BCUT2D eigenvalue weighted by atomic mass is 16.5. The van der Waals surface area contributed by atoms with Crippen LogP contribution in [-0.4, -0.2) is 55.2 Å². The molecule has 0 saturated carbocycles. The smallest absolute Gasteiger partial charge is 0.241 e. The summed E-state index contributed by atoms with van der Waals surface area (Å²) in [5.41, 5.74) is 1.78. The molecule has 26 heavy (non-hydrogen) atoms. The van der Waals surface area contributed by atoms with Crippen LogP contribution in [0.4, 0.5) is 11.4 Å². The van der Waals surface area contributed by atoms with Gasteiger partial charge in [-0.3, -0.25) is 9.69 Å². The molecule has 0 aliphatic carbocycles. The van der Waals surface area contributed by atoms with Crippen LogP contribution >= 0.6 is 0 Å². The van der Waals surface area contributed by atoms with E-state index in [1.54, 1.807) is 19.2 Å². The number of amides is 1. The number of carbonyl (C=O) groups excluding carboxylic acids is 1. The van der Waals surface area contributed by atoms with Gasteiger partial charge in [0.2, 0.25) is 5.91 Å². The number of methoxy groups -OCH3 is 1. The van der Waals surface area contributed by atoms with Crippen LogP contribution < -0.4 is 15.0 Å². The Balaban J connectivity index is 1.56. The highest BCUT2D eigenvalue weighted by molar-refractivity contribution is 5.95. The standard InChI is InChI=1S/C20H25N3O3/c1-15(20(25)21-18-5-3-4-6-19(18)26-2)22-11-13-23(14-12-22)16-7-9-17(24)10-8-16/h3-10,15,24H,11-14H2,1-2H3,(H,21,25)/t15-/m1/s1. The summed E-state index contributed by atoms with van der Waals surface area (Å²) in [7, 11) is 1.59. The molecule has 1 fully saturated rings. The number of carbonyl (C=O) groups is 1. The van der Waals surface area contributed by atoms with E-state index in [1.807, 2.05) is 43.3 Å². The minimum atomic E-state index is -0.220. The molecule has 138 valence electrons. The van der Waals surface area contributed by atoms with Crippen LogP contribution in [0.25, 0.3) is 0 Å². The Bertz CT molecular complexity index is 740. The van der Waals surface area contributed by atoms with Crippen molar-refractivity contribution in [2.45, 2.75) is 13.0 Å². The number of phenols is 1. The molecule has 1 atom stereocenters. The van der Waals surface area contributed by atoms with Crippen molar-refractivity contribution >= 4 is 17.3 Å². The second-order valence-corrected chi connectivity index (χ2v) is 6.40. The summed E-state index contributed by atoms with van der Waals surface area (Å²) in [6.45, 7) is 5.23. The lowest BCUT2D eigenvalue weighted by atomic mass is 10.2. The van der Waals surface area contributed by atoms with E-state index in [-0.39, 0.29) is 17.7 Å². The van der Waals surface area contributed by atoms with Gasteiger partial charge in [0.05, 0.1) is 18.8 Å². The molecule has 2 aromatic rings. The molecule has 1 aliphatic rings. The summed E-state index contributed by atoms with van der Waals surface area (Å²) in [4.78, 5) is 17.1. The minimum Gasteiger partial charge on any atom is -0.508 e. The Morgan fingerprint density at radius 1 is 1.08 bits per heavy atom. The number of benzene rings is 2. The third-order valence-electron chi connectivity index (χ3n) is 4.82. The number of hydrogen-bond acceptors (Lipinski definition) is 5. The van der Waals surface area contributed by atoms with Crippen LogP contribution in [0, 0.1) is 0 Å². The molecule has 0 spiro atoms. The van der Waals surface area contributed by atoms with Crippen molar-refractivity contribution in [3.8, 4) is 11.5 Å². The fourth-order valence-corrected chi connectivity index (χ4v) is 3.18. The number of hydrogen-bond donors (Lipinski definition) is 2. The normalized spacial score (nSPS) is 16.2. The van der Waals surface area contributed by atoms with E-state index in [0.29, 0.717) is 11.4 Å². The van der Waals surface area contributed by atoms with E-state index in [2.05, 4.69) is 15.1 Å². The van der Waals surface area contributed by atoms with Crippen LogP contribution in [0.15, 0.2) is 48.5 Å². The topological polar surface area (TPSA) is 65.0 Å². The molecule has 2 aromatic carbocycles. The van der Waals surface area contributed by atoms with Gasteiger partial charge in [-0.25, -0.2) is 0 Å². The van der Waals surface area contributed by atoms with Gasteiger partial charge in [-0.2, -0.15) is 0 Å². The first-order valence-electron chi connectivity index (χ1n) is 8.80. The monoisotopic (exact) mass is 355 g/mol. The maximum absolute atomic E-state index is 12.6. The maximum atomic E-state index is 12.6. The van der Waals surface area contributed by atoms with Gasteiger partial charge in [-0.05, 0) is 43.3 Å². The SMILES string of the molecule is COc1ccccc1NC(=O)[C@@H](C)N1CCN(c2ccc(O)cc2)CC1. The number of ether oxygens (including phenoxy) is 1. The van der Waals surface area contributed by atoms with Gasteiger partial charge in [-0.15, -0.1) is 0 Å². The summed E-state index contributed by atoms with van der Waals surface area (Å²) < 4.78 is 5.29. The lowest BCUT2D eigenvalue weighted by Gasteiger charge is -2.38. The Morgan fingerprint density at radius 3 is 2.38 bits per heavy atom. The Kier molecular flexibility index (Phi) is 5.63. The largest absolute Gasteiger partial charge is 0.508 e. The fourth-order valence-electron chi connectivity index (χ4n) is 3.18. The highest BCUT2D eigenvalue weighted by Gasteiger charge is 2.26. The molecular formula is C20H25N3O3. The molecule has 3 rings (SSSR count). The number of para-hydroxylation sites is 2. The van der Waals surface area contributed by atoms with Crippen LogP contribution in [0.1, 0.15) is 6.92 Å². The Labute approximate surface area is 154 Å². The number of nitrogens with zero attached hydrogens (tertiary/aromatic N) is 2. The van der Waals surface area contributed by atoms with Gasteiger partial charge >= 0.3 is 0 Å². The minimum absolute atomic E-state index is 0.0346. The quantitative estimate of drug-likeness (QED) is 0.863. The van der Waals surface area contributed by atoms with Gasteiger partial charge in [0.15, 0.2) is 0 Å². The molecule has 0 aromatic heterocycles. The van der Waals surface area contributed by atoms with Crippen molar-refractivity contribution in [3.05, 3.63) is 48.5 Å². The second kappa shape index (κ2) is 8.10. The summed E-state index contributed by atoms with van der Waals surface area (Å²) in [6, 6.07) is 14.4. The number of piperazine rings is 1. The molecule has 1 saturated heterocycles. The van der Waals surface area contributed by atoms with Crippen molar-refractivity contribution in [2.75, 3.05) is 43.5 Å². The van der Waals surface area contributed by atoms with Crippen molar-refractivity contribution in [1.82, 2.24) is 4.90 Å². The highest BCUT2D eigenvalue weighted by Crippen LogP contribution is 2.24. The summed E-state index contributed by atoms with van der Waals surface area (Å²) in [6.07, 6.45) is 0. The third kappa shape index (κ3) is 4.08. The van der Waals surface area contributed by atoms with Gasteiger partial charge in [0.1, 0.15) is 11.5 Å². The van der Waals surface area contributed by atoms with E-state index in [0.717, 1.165) is 31.9 Å². The zero-order valence-corrected chi connectivity index (χ0v) is 15.2. The second-order valence-electron chi connectivity index (χ2n) is 6.40. The van der Waals surface area contributed by atoms with Gasteiger partial charge in [0, 0.05) is 31.9 Å². The average molecular weight is 355 g/mol. The molecule has 6 nitrogen and oxygen atoms in total. The summed E-state index contributed by atoms with van der Waals surface area (Å²) >= 11 is 0. The van der Waals surface area contributed by atoms with E-state index in [1.165, 1.54) is 0 Å². The van der Waals surface area contributed by atoms with Crippen LogP contribution in [-0.2, 0) is 4.79 Å². The Hall–Kier alpha value is -2.73. The van der Waals surface area contributed by atoms with Gasteiger partial charge in [0.25, 0.3) is 0 Å². The number of phenolic OH excluding ortho intramolecular Hbond substituents is 1. The predicted octanol–water partition coefficient (Wildman–Crippen LogP) is 2.55. The molecule has 1 heterocycles. The molecule has 2 N–H and O–H groups in total. The van der Waals surface area contributed by atoms with E-state index in [9.17, 15) is 9.90 Å². The van der Waals surface area contributed by atoms with Crippen molar-refractivity contribution in [3.63, 3.8) is 0 Å². The first-order chi connectivity index (χ1) is 12.6. The van der Waals surface area contributed by atoms with Crippen LogP contribution in [0.3, 0.4) is 0 Å². The molecule has 0 radical (unpaired) electrons. The first kappa shape index (κ1) is 18.1. The predicted molar refractivity (Wildman–Crippen MR) is 103 cm³/mol. The van der Waals surface area contributed by atoms with Crippen molar-refractivity contribution < 1.29 is 14.6 Å². The van der Waals surface area contributed by atoms with E-state index < -0.39 is 0 Å². The number of rotatable bonds is 5. The first-order valence-corrected chi connectivity index (χ1v) is 8.80. The molecular weight excluding hydrogens is 330 g/mol. The third-order valence-corrected chi connectivity index (χ3v) is 4.82. The van der Waals surface area contributed by atoms with Gasteiger partial charge in [-0.1, -0.05) is 12.1 Å². The number of nitrogens with one attached hydrogen (secondary N) is 1. The van der Waals surface area contributed by atoms with Crippen LogP contribution in [0.5, 0.6) is 11.5 Å². The molecule has 1 amide bonds. The lowest BCUT2D eigenvalue weighted by Crippen LogP contribution is -2.52. The molecule has 6 heteroatoms. The molecule has 0 unspecified atom stereocenters. The van der Waals surface area contributed by atoms with Crippen molar-refractivity contribution in [2.24, 2.45) is 0 Å². The summed E-state index contributed by atoms with van der Waals surface area (Å²) in [5, 5.41) is 12.4.